The molecule has 0 bridgehead atoms. The number of H-pyrrole nitrogens is 1. The van der Waals surface area contributed by atoms with Crippen molar-refractivity contribution in [2.45, 2.75) is 18.1 Å². The Morgan fingerprint density at radius 1 is 1.28 bits per heavy atom. The van der Waals surface area contributed by atoms with Gasteiger partial charge in [-0.3, -0.25) is 9.89 Å². The van der Waals surface area contributed by atoms with Gasteiger partial charge in [0.05, 0.1) is 12.3 Å². The number of hydrogen-bond acceptors (Lipinski definition) is 6. The minimum absolute atomic E-state index is 0.0582. The van der Waals surface area contributed by atoms with E-state index < -0.39 is 0 Å². The monoisotopic (exact) mass is 390 g/mol. The lowest BCUT2D eigenvalue weighted by Crippen LogP contribution is -2.31. The molecular weight excluding hydrogens is 372 g/mol. The largest absolute Gasteiger partial charge is 0.333 e. The number of nitrogens with one attached hydrogen (secondary N) is 1. The first-order valence-electron chi connectivity index (χ1n) is 7.72. The Morgan fingerprint density at radius 3 is 2.72 bits per heavy atom. The van der Waals surface area contributed by atoms with Crippen LogP contribution in [-0.2, 0) is 17.8 Å². The number of aromatic nitrogens is 3. The van der Waals surface area contributed by atoms with Crippen LogP contribution < -0.4 is 0 Å². The molecule has 0 aliphatic rings. The van der Waals surface area contributed by atoms with Crippen LogP contribution in [0.25, 0.3) is 0 Å². The molecule has 0 spiro atoms. The topological polar surface area (TPSA) is 61.9 Å². The minimum atomic E-state index is 0.0582. The van der Waals surface area contributed by atoms with Crippen LogP contribution in [0, 0.1) is 0 Å². The summed E-state index contributed by atoms with van der Waals surface area (Å²) in [5.74, 6) is 1.19. The van der Waals surface area contributed by atoms with Crippen LogP contribution in [0.1, 0.15) is 15.6 Å². The van der Waals surface area contributed by atoms with Gasteiger partial charge in [0, 0.05) is 22.7 Å². The zero-order valence-electron chi connectivity index (χ0n) is 13.6. The first kappa shape index (κ1) is 17.9. The van der Waals surface area contributed by atoms with Crippen molar-refractivity contribution < 1.29 is 4.79 Å². The van der Waals surface area contributed by atoms with Gasteiger partial charge >= 0.3 is 0 Å². The Labute approximate surface area is 158 Å². The number of aromatic amines is 1. The van der Waals surface area contributed by atoms with E-state index >= 15 is 0 Å². The summed E-state index contributed by atoms with van der Waals surface area (Å²) in [6.07, 6.45) is 2.49. The summed E-state index contributed by atoms with van der Waals surface area (Å²) >= 11 is 4.70. The minimum Gasteiger partial charge on any atom is -0.333 e. The Bertz CT molecular complexity index is 796. The molecule has 8 heteroatoms. The summed E-state index contributed by atoms with van der Waals surface area (Å²) in [4.78, 5) is 21.1. The second-order valence-corrected chi connectivity index (χ2v) is 8.26. The van der Waals surface area contributed by atoms with Gasteiger partial charge in [0.2, 0.25) is 11.1 Å². The van der Waals surface area contributed by atoms with E-state index in [1.54, 1.807) is 33.6 Å². The standard InChI is InChI=1S/C17H18N4OS3/c1-2-7-21(11-14-6-4-9-24-14)16(22)12-25-17-18-15(19-20-17)10-13-5-3-8-23-13/h2-6,8-9H,1,7,10-12H2,(H,18,19,20). The molecule has 0 aliphatic carbocycles. The van der Waals surface area contributed by atoms with Crippen molar-refractivity contribution in [2.24, 2.45) is 0 Å². The van der Waals surface area contributed by atoms with Gasteiger partial charge in [0.15, 0.2) is 0 Å². The van der Waals surface area contributed by atoms with Crippen molar-refractivity contribution in [2.75, 3.05) is 12.3 Å². The quantitative estimate of drug-likeness (QED) is 0.446. The van der Waals surface area contributed by atoms with E-state index in [0.717, 1.165) is 17.1 Å². The van der Waals surface area contributed by atoms with E-state index in [1.807, 2.05) is 29.0 Å². The van der Waals surface area contributed by atoms with Crippen molar-refractivity contribution in [3.63, 3.8) is 0 Å². The number of amides is 1. The zero-order chi connectivity index (χ0) is 17.5. The first-order chi connectivity index (χ1) is 12.2. The molecule has 1 amide bonds. The lowest BCUT2D eigenvalue weighted by atomic mass is 10.3. The Kier molecular flexibility index (Phi) is 6.43. The molecule has 3 heterocycles. The molecule has 1 N–H and O–H groups in total. The molecule has 0 aromatic carbocycles. The lowest BCUT2D eigenvalue weighted by molar-refractivity contribution is -0.128. The average molecular weight is 391 g/mol. The summed E-state index contributed by atoms with van der Waals surface area (Å²) < 4.78 is 0. The predicted molar refractivity (Wildman–Crippen MR) is 104 cm³/mol. The van der Waals surface area contributed by atoms with Gasteiger partial charge < -0.3 is 4.90 Å². The number of thiophene rings is 2. The van der Waals surface area contributed by atoms with Gasteiger partial charge in [-0.05, 0) is 22.9 Å². The van der Waals surface area contributed by atoms with Crippen LogP contribution in [0.4, 0.5) is 0 Å². The van der Waals surface area contributed by atoms with Crippen molar-refractivity contribution in [1.82, 2.24) is 20.1 Å². The molecule has 25 heavy (non-hydrogen) atoms. The molecule has 0 unspecified atom stereocenters. The van der Waals surface area contributed by atoms with E-state index in [9.17, 15) is 4.79 Å². The van der Waals surface area contributed by atoms with Gasteiger partial charge in [-0.1, -0.05) is 30.0 Å². The van der Waals surface area contributed by atoms with Crippen LogP contribution >= 0.6 is 34.4 Å². The molecule has 0 radical (unpaired) electrons. The van der Waals surface area contributed by atoms with Crippen LogP contribution in [0.3, 0.4) is 0 Å². The van der Waals surface area contributed by atoms with Gasteiger partial charge in [0.1, 0.15) is 5.82 Å². The number of carbonyl (C=O) groups is 1. The fourth-order valence-electron chi connectivity index (χ4n) is 2.22. The number of thioether (sulfide) groups is 1. The molecule has 0 saturated heterocycles. The highest BCUT2D eigenvalue weighted by molar-refractivity contribution is 7.99. The maximum Gasteiger partial charge on any atom is 0.233 e. The summed E-state index contributed by atoms with van der Waals surface area (Å²) in [7, 11) is 0. The molecule has 3 rings (SSSR count). The van der Waals surface area contributed by atoms with Crippen molar-refractivity contribution in [1.29, 1.82) is 0 Å². The van der Waals surface area contributed by atoms with Crippen molar-refractivity contribution in [3.8, 4) is 0 Å². The van der Waals surface area contributed by atoms with Crippen LogP contribution in [0.15, 0.2) is 52.8 Å². The van der Waals surface area contributed by atoms with E-state index in [-0.39, 0.29) is 5.91 Å². The highest BCUT2D eigenvalue weighted by Crippen LogP contribution is 2.18. The normalized spacial score (nSPS) is 10.7. The molecule has 130 valence electrons. The molecule has 5 nitrogen and oxygen atoms in total. The van der Waals surface area contributed by atoms with Gasteiger partial charge in [-0.15, -0.1) is 34.4 Å². The van der Waals surface area contributed by atoms with Gasteiger partial charge in [0.25, 0.3) is 0 Å². The highest BCUT2D eigenvalue weighted by atomic mass is 32.2. The van der Waals surface area contributed by atoms with Crippen molar-refractivity contribution in [3.05, 3.63) is 63.3 Å². The highest BCUT2D eigenvalue weighted by Gasteiger charge is 2.15. The maximum absolute atomic E-state index is 12.5. The fraction of sp³-hybridized carbons (Fsp3) is 0.235. The summed E-state index contributed by atoms with van der Waals surface area (Å²) in [5, 5.41) is 11.8. The summed E-state index contributed by atoms with van der Waals surface area (Å²) in [5.41, 5.74) is 0. The maximum atomic E-state index is 12.5. The third-order valence-corrected chi connectivity index (χ3v) is 5.96. The van der Waals surface area contributed by atoms with E-state index in [4.69, 9.17) is 0 Å². The Morgan fingerprint density at radius 2 is 2.04 bits per heavy atom. The Hall–Kier alpha value is -1.90. The Balaban J connectivity index is 1.53. The molecule has 0 atom stereocenters. The molecular formula is C17H18N4OS3. The number of nitrogens with zero attached hydrogens (tertiary/aromatic N) is 3. The third-order valence-electron chi connectivity index (χ3n) is 3.39. The number of hydrogen-bond donors (Lipinski definition) is 1. The lowest BCUT2D eigenvalue weighted by Gasteiger charge is -2.19. The molecule has 0 aliphatic heterocycles. The molecule has 3 aromatic rings. The SMILES string of the molecule is C=CCN(Cc1cccs1)C(=O)CSc1n[nH]c(Cc2cccs2)n1. The molecule has 0 fully saturated rings. The van der Waals surface area contributed by atoms with Gasteiger partial charge in [-0.2, -0.15) is 0 Å². The summed E-state index contributed by atoms with van der Waals surface area (Å²) in [6, 6.07) is 8.12. The summed E-state index contributed by atoms with van der Waals surface area (Å²) in [6.45, 7) is 4.89. The van der Waals surface area contributed by atoms with E-state index in [2.05, 4.69) is 27.8 Å². The molecule has 0 saturated carbocycles. The fourth-order valence-corrected chi connectivity index (χ4v) is 4.37. The smallest absolute Gasteiger partial charge is 0.233 e. The van der Waals surface area contributed by atoms with Crippen LogP contribution in [0.5, 0.6) is 0 Å². The second-order valence-electron chi connectivity index (χ2n) is 5.25. The van der Waals surface area contributed by atoms with Crippen LogP contribution in [-0.4, -0.2) is 38.3 Å². The van der Waals surface area contributed by atoms with Crippen LogP contribution in [0.2, 0.25) is 0 Å². The van der Waals surface area contributed by atoms with Crippen molar-refractivity contribution >= 4 is 40.3 Å². The number of carbonyl (C=O) groups excluding carboxylic acids is 1. The zero-order valence-corrected chi connectivity index (χ0v) is 16.0. The van der Waals surface area contributed by atoms with E-state index in [0.29, 0.717) is 24.0 Å². The van der Waals surface area contributed by atoms with E-state index in [1.165, 1.54) is 16.6 Å². The number of rotatable bonds is 9. The van der Waals surface area contributed by atoms with Gasteiger partial charge in [-0.25, -0.2) is 4.98 Å². The molecule has 3 aromatic heterocycles. The first-order valence-corrected chi connectivity index (χ1v) is 10.5. The predicted octanol–water partition coefficient (Wildman–Crippen LogP) is 3.83. The third kappa shape index (κ3) is 5.29. The second kappa shape index (κ2) is 8.98. The average Bonchev–Trinajstić information content (AvgIpc) is 3.36.